The predicted octanol–water partition coefficient (Wildman–Crippen LogP) is 2.98. The van der Waals surface area contributed by atoms with E-state index >= 15 is 0 Å². The van der Waals surface area contributed by atoms with Crippen molar-refractivity contribution >= 4 is 5.91 Å². The van der Waals surface area contributed by atoms with Crippen LogP contribution < -0.4 is 11.1 Å². The Bertz CT molecular complexity index is 473. The lowest BCUT2D eigenvalue weighted by molar-refractivity contribution is -0.133. The van der Waals surface area contributed by atoms with Crippen molar-refractivity contribution in [3.05, 3.63) is 23.2 Å². The Balaban J connectivity index is 2.08. The first-order chi connectivity index (χ1) is 9.48. The van der Waals surface area contributed by atoms with E-state index in [0.29, 0.717) is 6.54 Å². The van der Waals surface area contributed by atoms with E-state index in [1.54, 1.807) is 0 Å². The van der Waals surface area contributed by atoms with E-state index in [2.05, 4.69) is 5.32 Å². The third kappa shape index (κ3) is 2.90. The lowest BCUT2D eigenvalue weighted by Gasteiger charge is -2.35. The standard InChI is InChI=1S/C16H26N2O2/c1-11-9-14(13(3)20-11)12(2)18-15(19)16(10-17)7-5-4-6-8-16/h9,12H,4-8,10,17H2,1-3H3,(H,18,19). The van der Waals surface area contributed by atoms with Crippen LogP contribution in [0.1, 0.15) is 62.2 Å². The molecule has 2 rings (SSSR count). The van der Waals surface area contributed by atoms with Gasteiger partial charge in [0.1, 0.15) is 11.5 Å². The summed E-state index contributed by atoms with van der Waals surface area (Å²) in [6.07, 6.45) is 5.23. The summed E-state index contributed by atoms with van der Waals surface area (Å²) in [5.41, 5.74) is 6.60. The SMILES string of the molecule is Cc1cc(C(C)NC(=O)C2(CN)CCCCC2)c(C)o1. The van der Waals surface area contributed by atoms with Crippen molar-refractivity contribution in [3.63, 3.8) is 0 Å². The van der Waals surface area contributed by atoms with Crippen LogP contribution in [-0.2, 0) is 4.79 Å². The number of nitrogens with two attached hydrogens (primary N) is 1. The van der Waals surface area contributed by atoms with Gasteiger partial charge in [-0.15, -0.1) is 0 Å². The smallest absolute Gasteiger partial charge is 0.227 e. The maximum Gasteiger partial charge on any atom is 0.227 e. The van der Waals surface area contributed by atoms with Crippen LogP contribution in [0.4, 0.5) is 0 Å². The molecule has 1 saturated carbocycles. The first-order valence-corrected chi connectivity index (χ1v) is 7.56. The molecule has 1 unspecified atom stereocenters. The summed E-state index contributed by atoms with van der Waals surface area (Å²) in [5, 5.41) is 3.13. The van der Waals surface area contributed by atoms with E-state index in [1.807, 2.05) is 26.8 Å². The van der Waals surface area contributed by atoms with Crippen LogP contribution in [0.5, 0.6) is 0 Å². The van der Waals surface area contributed by atoms with E-state index in [0.717, 1.165) is 42.8 Å². The fraction of sp³-hybridized carbons (Fsp3) is 0.688. The zero-order valence-corrected chi connectivity index (χ0v) is 12.8. The van der Waals surface area contributed by atoms with Crippen molar-refractivity contribution in [1.82, 2.24) is 5.32 Å². The molecule has 0 radical (unpaired) electrons. The highest BCUT2D eigenvalue weighted by Crippen LogP contribution is 2.36. The van der Waals surface area contributed by atoms with Gasteiger partial charge in [0, 0.05) is 12.1 Å². The molecule has 0 bridgehead atoms. The summed E-state index contributed by atoms with van der Waals surface area (Å²) in [5.74, 6) is 1.86. The maximum atomic E-state index is 12.6. The Morgan fingerprint density at radius 1 is 1.40 bits per heavy atom. The van der Waals surface area contributed by atoms with E-state index < -0.39 is 0 Å². The van der Waals surface area contributed by atoms with Crippen LogP contribution in [0.15, 0.2) is 10.5 Å². The van der Waals surface area contributed by atoms with E-state index in [4.69, 9.17) is 10.2 Å². The number of nitrogens with one attached hydrogen (secondary N) is 1. The van der Waals surface area contributed by atoms with E-state index in [1.165, 1.54) is 6.42 Å². The van der Waals surface area contributed by atoms with Crippen LogP contribution >= 0.6 is 0 Å². The van der Waals surface area contributed by atoms with Crippen molar-refractivity contribution in [1.29, 1.82) is 0 Å². The van der Waals surface area contributed by atoms with E-state index in [-0.39, 0.29) is 17.4 Å². The van der Waals surface area contributed by atoms with Gasteiger partial charge in [-0.1, -0.05) is 19.3 Å². The molecule has 1 aliphatic rings. The summed E-state index contributed by atoms with van der Waals surface area (Å²) >= 11 is 0. The number of furan rings is 1. The highest BCUT2D eigenvalue weighted by molar-refractivity contribution is 5.83. The predicted molar refractivity (Wildman–Crippen MR) is 79.3 cm³/mol. The van der Waals surface area contributed by atoms with Gasteiger partial charge < -0.3 is 15.5 Å². The second-order valence-corrected chi connectivity index (χ2v) is 6.11. The molecular weight excluding hydrogens is 252 g/mol. The minimum atomic E-state index is -0.362. The van der Waals surface area contributed by atoms with Crippen LogP contribution in [0.3, 0.4) is 0 Å². The molecule has 0 saturated heterocycles. The molecule has 1 atom stereocenters. The molecule has 1 aliphatic carbocycles. The lowest BCUT2D eigenvalue weighted by atomic mass is 9.73. The number of aryl methyl sites for hydroxylation is 2. The molecule has 20 heavy (non-hydrogen) atoms. The first kappa shape index (κ1) is 15.1. The molecular formula is C16H26N2O2. The van der Waals surface area contributed by atoms with Gasteiger partial charge in [0.15, 0.2) is 0 Å². The largest absolute Gasteiger partial charge is 0.466 e. The highest BCUT2D eigenvalue weighted by Gasteiger charge is 2.38. The molecule has 0 spiro atoms. The molecule has 1 aromatic rings. The van der Waals surface area contributed by atoms with Gasteiger partial charge in [-0.05, 0) is 39.7 Å². The molecule has 3 N–H and O–H groups in total. The van der Waals surface area contributed by atoms with Crippen LogP contribution in [0.25, 0.3) is 0 Å². The van der Waals surface area contributed by atoms with E-state index in [9.17, 15) is 4.79 Å². The van der Waals surface area contributed by atoms with Crippen LogP contribution in [0.2, 0.25) is 0 Å². The minimum Gasteiger partial charge on any atom is -0.466 e. The van der Waals surface area contributed by atoms with Gasteiger partial charge in [0.05, 0.1) is 11.5 Å². The molecule has 0 aliphatic heterocycles. The van der Waals surface area contributed by atoms with Gasteiger partial charge in [0.25, 0.3) is 0 Å². The molecule has 1 aromatic heterocycles. The van der Waals surface area contributed by atoms with Crippen molar-refractivity contribution < 1.29 is 9.21 Å². The molecule has 1 amide bonds. The number of rotatable bonds is 4. The fourth-order valence-corrected chi connectivity index (χ4v) is 3.26. The molecule has 1 fully saturated rings. The third-order valence-electron chi connectivity index (χ3n) is 4.58. The van der Waals surface area contributed by atoms with Gasteiger partial charge in [-0.25, -0.2) is 0 Å². The topological polar surface area (TPSA) is 68.3 Å². The fourth-order valence-electron chi connectivity index (χ4n) is 3.26. The van der Waals surface area contributed by atoms with Gasteiger partial charge in [-0.2, -0.15) is 0 Å². The number of hydrogen-bond donors (Lipinski definition) is 2. The number of amides is 1. The Kier molecular flexibility index (Phi) is 4.53. The minimum absolute atomic E-state index is 0.0368. The summed E-state index contributed by atoms with van der Waals surface area (Å²) in [7, 11) is 0. The van der Waals surface area contributed by atoms with Crippen LogP contribution in [-0.4, -0.2) is 12.5 Å². The first-order valence-electron chi connectivity index (χ1n) is 7.56. The molecule has 1 heterocycles. The Labute approximate surface area is 121 Å². The summed E-state index contributed by atoms with van der Waals surface area (Å²) < 4.78 is 5.54. The molecule has 112 valence electrons. The van der Waals surface area contributed by atoms with Crippen molar-refractivity contribution in [2.24, 2.45) is 11.1 Å². The monoisotopic (exact) mass is 278 g/mol. The highest BCUT2D eigenvalue weighted by atomic mass is 16.3. The summed E-state index contributed by atoms with van der Waals surface area (Å²) in [6, 6.07) is 1.96. The number of hydrogen-bond acceptors (Lipinski definition) is 3. The molecule has 4 heteroatoms. The van der Waals surface area contributed by atoms with Gasteiger partial charge >= 0.3 is 0 Å². The lowest BCUT2D eigenvalue weighted by Crippen LogP contribution is -2.47. The second kappa shape index (κ2) is 6.00. The molecule has 4 nitrogen and oxygen atoms in total. The van der Waals surface area contributed by atoms with Crippen molar-refractivity contribution in [2.45, 2.75) is 58.9 Å². The molecule has 0 aromatic carbocycles. The van der Waals surface area contributed by atoms with Gasteiger partial charge in [0.2, 0.25) is 5.91 Å². The maximum absolute atomic E-state index is 12.6. The zero-order chi connectivity index (χ0) is 14.8. The normalized spacial score (nSPS) is 19.6. The summed E-state index contributed by atoms with van der Waals surface area (Å²) in [4.78, 5) is 12.6. The van der Waals surface area contributed by atoms with Gasteiger partial charge in [-0.3, -0.25) is 4.79 Å². The van der Waals surface area contributed by atoms with Crippen LogP contribution in [0, 0.1) is 19.3 Å². The number of carbonyl (C=O) groups is 1. The third-order valence-corrected chi connectivity index (χ3v) is 4.58. The second-order valence-electron chi connectivity index (χ2n) is 6.11. The zero-order valence-electron chi connectivity index (χ0n) is 12.8. The Hall–Kier alpha value is -1.29. The quantitative estimate of drug-likeness (QED) is 0.889. The van der Waals surface area contributed by atoms with Crippen molar-refractivity contribution in [3.8, 4) is 0 Å². The Morgan fingerprint density at radius 3 is 2.55 bits per heavy atom. The average Bonchev–Trinajstić information content (AvgIpc) is 2.78. The average molecular weight is 278 g/mol. The Morgan fingerprint density at radius 2 is 2.05 bits per heavy atom. The van der Waals surface area contributed by atoms with Crippen molar-refractivity contribution in [2.75, 3.05) is 6.54 Å². The number of carbonyl (C=O) groups excluding carboxylic acids is 1. The summed E-state index contributed by atoms with van der Waals surface area (Å²) in [6.45, 7) is 6.30.